The van der Waals surface area contributed by atoms with Crippen LogP contribution in [0, 0.1) is 5.82 Å². The molecule has 17 heavy (non-hydrogen) atoms. The van der Waals surface area contributed by atoms with E-state index in [1.807, 2.05) is 6.07 Å². The van der Waals surface area contributed by atoms with E-state index >= 15 is 0 Å². The second kappa shape index (κ2) is 4.55. The molecule has 2 aliphatic heterocycles. The SMILES string of the molecule is Fc1cc2c(cc1N1CCCCC1)NCCC2. The Hall–Kier alpha value is -1.25. The summed E-state index contributed by atoms with van der Waals surface area (Å²) in [7, 11) is 0. The standard InChI is InChI=1S/C14H19FN2/c15-12-9-11-5-4-6-16-13(11)10-14(12)17-7-2-1-3-8-17/h9-10,16H,1-8H2. The number of nitrogens with zero attached hydrogens (tertiary/aromatic N) is 1. The molecule has 0 spiro atoms. The highest BCUT2D eigenvalue weighted by molar-refractivity contribution is 5.64. The molecule has 3 heteroatoms. The van der Waals surface area contributed by atoms with Crippen LogP contribution in [-0.2, 0) is 6.42 Å². The fourth-order valence-electron chi connectivity index (χ4n) is 2.85. The van der Waals surface area contributed by atoms with E-state index in [0.29, 0.717) is 0 Å². The molecule has 0 unspecified atom stereocenters. The maximum atomic E-state index is 14.1. The average Bonchev–Trinajstić information content (AvgIpc) is 2.39. The van der Waals surface area contributed by atoms with E-state index < -0.39 is 0 Å². The van der Waals surface area contributed by atoms with Crippen LogP contribution < -0.4 is 10.2 Å². The van der Waals surface area contributed by atoms with Crippen LogP contribution in [0.25, 0.3) is 0 Å². The van der Waals surface area contributed by atoms with E-state index in [9.17, 15) is 4.39 Å². The van der Waals surface area contributed by atoms with E-state index in [1.54, 1.807) is 6.07 Å². The Morgan fingerprint density at radius 1 is 1.06 bits per heavy atom. The van der Waals surface area contributed by atoms with Crippen molar-refractivity contribution in [1.82, 2.24) is 0 Å². The van der Waals surface area contributed by atoms with E-state index in [-0.39, 0.29) is 5.82 Å². The Bertz CT molecular complexity index is 411. The molecule has 2 aliphatic rings. The highest BCUT2D eigenvalue weighted by atomic mass is 19.1. The van der Waals surface area contributed by atoms with Crippen LogP contribution in [0.15, 0.2) is 12.1 Å². The van der Waals surface area contributed by atoms with Crippen LogP contribution in [0.2, 0.25) is 0 Å². The third kappa shape index (κ3) is 2.11. The zero-order valence-electron chi connectivity index (χ0n) is 10.1. The smallest absolute Gasteiger partial charge is 0.146 e. The number of nitrogens with one attached hydrogen (secondary N) is 1. The number of hydrogen-bond acceptors (Lipinski definition) is 2. The topological polar surface area (TPSA) is 15.3 Å². The van der Waals surface area contributed by atoms with Gasteiger partial charge in [0.05, 0.1) is 5.69 Å². The van der Waals surface area contributed by atoms with Crippen molar-refractivity contribution in [3.05, 3.63) is 23.5 Å². The predicted octanol–water partition coefficient (Wildman–Crippen LogP) is 3.17. The van der Waals surface area contributed by atoms with Crippen molar-refractivity contribution >= 4 is 11.4 Å². The molecule has 1 saturated heterocycles. The molecule has 0 amide bonds. The highest BCUT2D eigenvalue weighted by Crippen LogP contribution is 2.31. The first-order chi connectivity index (χ1) is 8.34. The second-order valence-corrected chi connectivity index (χ2v) is 5.04. The summed E-state index contributed by atoms with van der Waals surface area (Å²) in [6.45, 7) is 3.00. The summed E-state index contributed by atoms with van der Waals surface area (Å²) >= 11 is 0. The number of halogens is 1. The highest BCUT2D eigenvalue weighted by Gasteiger charge is 2.18. The molecule has 1 aromatic rings. The van der Waals surface area contributed by atoms with Gasteiger partial charge in [-0.05, 0) is 49.8 Å². The number of piperidine rings is 1. The van der Waals surface area contributed by atoms with E-state index in [1.165, 1.54) is 19.3 Å². The summed E-state index contributed by atoms with van der Waals surface area (Å²) in [5.74, 6) is -0.0469. The summed E-state index contributed by atoms with van der Waals surface area (Å²) in [6.07, 6.45) is 5.75. The van der Waals surface area contributed by atoms with E-state index in [0.717, 1.165) is 49.4 Å². The van der Waals surface area contributed by atoms with Crippen LogP contribution in [0.3, 0.4) is 0 Å². The number of hydrogen-bond donors (Lipinski definition) is 1. The van der Waals surface area contributed by atoms with Crippen LogP contribution in [0.5, 0.6) is 0 Å². The minimum absolute atomic E-state index is 0.0469. The lowest BCUT2D eigenvalue weighted by Gasteiger charge is -2.30. The molecule has 1 fully saturated rings. The van der Waals surface area contributed by atoms with E-state index in [4.69, 9.17) is 0 Å². The summed E-state index contributed by atoms with van der Waals surface area (Å²) in [5.41, 5.74) is 3.06. The molecule has 0 saturated carbocycles. The zero-order valence-corrected chi connectivity index (χ0v) is 10.1. The fourth-order valence-corrected chi connectivity index (χ4v) is 2.85. The predicted molar refractivity (Wildman–Crippen MR) is 69.3 cm³/mol. The molecule has 2 heterocycles. The Morgan fingerprint density at radius 3 is 2.71 bits per heavy atom. The monoisotopic (exact) mass is 234 g/mol. The van der Waals surface area contributed by atoms with Gasteiger partial charge < -0.3 is 10.2 Å². The molecule has 92 valence electrons. The molecular weight excluding hydrogens is 215 g/mol. The number of aryl methyl sites for hydroxylation is 1. The molecule has 0 atom stereocenters. The molecule has 3 rings (SSSR count). The summed E-state index contributed by atoms with van der Waals surface area (Å²) in [5, 5.41) is 3.38. The van der Waals surface area contributed by atoms with Gasteiger partial charge in [0.25, 0.3) is 0 Å². The second-order valence-electron chi connectivity index (χ2n) is 5.04. The summed E-state index contributed by atoms with van der Waals surface area (Å²) in [4.78, 5) is 2.19. The molecule has 2 nitrogen and oxygen atoms in total. The number of fused-ring (bicyclic) bond motifs is 1. The van der Waals surface area contributed by atoms with Gasteiger partial charge in [-0.1, -0.05) is 0 Å². The largest absolute Gasteiger partial charge is 0.385 e. The Morgan fingerprint density at radius 2 is 1.88 bits per heavy atom. The quantitative estimate of drug-likeness (QED) is 0.803. The van der Waals surface area contributed by atoms with Gasteiger partial charge in [0, 0.05) is 25.3 Å². The third-order valence-corrected chi connectivity index (χ3v) is 3.81. The molecule has 1 aromatic carbocycles. The first kappa shape index (κ1) is 10.9. The minimum Gasteiger partial charge on any atom is -0.385 e. The lowest BCUT2D eigenvalue weighted by atomic mass is 10.0. The molecule has 0 aliphatic carbocycles. The van der Waals surface area contributed by atoms with Gasteiger partial charge in [-0.3, -0.25) is 0 Å². The maximum absolute atomic E-state index is 14.1. The zero-order chi connectivity index (χ0) is 11.7. The van der Waals surface area contributed by atoms with Crippen molar-refractivity contribution < 1.29 is 4.39 Å². The van der Waals surface area contributed by atoms with Gasteiger partial charge >= 0.3 is 0 Å². The molecule has 0 radical (unpaired) electrons. The van der Waals surface area contributed by atoms with Crippen molar-refractivity contribution in [1.29, 1.82) is 0 Å². The lowest BCUT2D eigenvalue weighted by molar-refractivity contribution is 0.556. The van der Waals surface area contributed by atoms with E-state index in [2.05, 4.69) is 10.2 Å². The normalized spacial score (nSPS) is 19.7. The number of benzene rings is 1. The van der Waals surface area contributed by atoms with Crippen molar-refractivity contribution in [3.8, 4) is 0 Å². The van der Waals surface area contributed by atoms with Crippen molar-refractivity contribution in [2.24, 2.45) is 0 Å². The fraction of sp³-hybridized carbons (Fsp3) is 0.571. The first-order valence-corrected chi connectivity index (χ1v) is 6.66. The van der Waals surface area contributed by atoms with Crippen molar-refractivity contribution in [2.75, 3.05) is 29.9 Å². The number of rotatable bonds is 1. The molecular formula is C14H19FN2. The summed E-state index contributed by atoms with van der Waals surface area (Å²) < 4.78 is 14.1. The number of anilines is 2. The van der Waals surface area contributed by atoms with Crippen LogP contribution in [-0.4, -0.2) is 19.6 Å². The first-order valence-electron chi connectivity index (χ1n) is 6.66. The van der Waals surface area contributed by atoms with Gasteiger partial charge in [0.2, 0.25) is 0 Å². The Labute approximate surface area is 102 Å². The van der Waals surface area contributed by atoms with Gasteiger partial charge in [0.15, 0.2) is 0 Å². The van der Waals surface area contributed by atoms with Crippen LogP contribution >= 0.6 is 0 Å². The molecule has 0 aromatic heterocycles. The maximum Gasteiger partial charge on any atom is 0.146 e. The molecule has 0 bridgehead atoms. The van der Waals surface area contributed by atoms with Crippen LogP contribution in [0.4, 0.5) is 15.8 Å². The third-order valence-electron chi connectivity index (χ3n) is 3.81. The summed E-state index contributed by atoms with van der Waals surface area (Å²) in [6, 6.07) is 3.74. The lowest BCUT2D eigenvalue weighted by Crippen LogP contribution is -2.30. The Kier molecular flexibility index (Phi) is 2.91. The van der Waals surface area contributed by atoms with Crippen LogP contribution in [0.1, 0.15) is 31.2 Å². The van der Waals surface area contributed by atoms with Gasteiger partial charge in [-0.25, -0.2) is 4.39 Å². The minimum atomic E-state index is -0.0469. The Balaban J connectivity index is 1.93. The van der Waals surface area contributed by atoms with Gasteiger partial charge in [0.1, 0.15) is 5.82 Å². The van der Waals surface area contributed by atoms with Gasteiger partial charge in [-0.2, -0.15) is 0 Å². The molecule has 1 N–H and O–H groups in total. The van der Waals surface area contributed by atoms with Crippen molar-refractivity contribution in [2.45, 2.75) is 32.1 Å². The van der Waals surface area contributed by atoms with Gasteiger partial charge in [-0.15, -0.1) is 0 Å². The average molecular weight is 234 g/mol. The van der Waals surface area contributed by atoms with Crippen molar-refractivity contribution in [3.63, 3.8) is 0 Å².